The molecule has 0 saturated carbocycles. The van der Waals surface area contributed by atoms with E-state index in [0.717, 1.165) is 62.2 Å². The largest absolute Gasteiger partial charge is 0.493 e. The van der Waals surface area contributed by atoms with Crippen molar-refractivity contribution in [3.05, 3.63) is 126 Å². The van der Waals surface area contributed by atoms with Gasteiger partial charge in [-0.1, -0.05) is 97.1 Å². The topological polar surface area (TPSA) is 72.5 Å². The van der Waals surface area contributed by atoms with Crippen LogP contribution in [0.3, 0.4) is 0 Å². The first kappa shape index (κ1) is 28.5. The SMILES string of the molecule is Cc1nn(C)c2c1-c1cccc3c(CCCOc4cccc5ccccc45)c(C(=O)O)n(c13)C/C=C/CN2Cc1ccccc1. The van der Waals surface area contributed by atoms with E-state index < -0.39 is 5.97 Å². The third kappa shape index (κ3) is 5.24. The van der Waals surface area contributed by atoms with Gasteiger partial charge in [0.2, 0.25) is 0 Å². The van der Waals surface area contributed by atoms with Crippen molar-refractivity contribution < 1.29 is 14.6 Å². The normalized spacial score (nSPS) is 13.6. The van der Waals surface area contributed by atoms with E-state index in [1.54, 1.807) is 0 Å². The van der Waals surface area contributed by atoms with Crippen molar-refractivity contribution >= 4 is 33.5 Å². The Bertz CT molecular complexity index is 2050. The lowest BCUT2D eigenvalue weighted by Crippen LogP contribution is -2.26. The Hall–Kier alpha value is -5.30. The quantitative estimate of drug-likeness (QED) is 0.143. The minimum Gasteiger partial charge on any atom is -0.493 e. The lowest BCUT2D eigenvalue weighted by Gasteiger charge is -2.26. The molecule has 0 radical (unpaired) electrons. The van der Waals surface area contributed by atoms with E-state index >= 15 is 0 Å². The zero-order valence-electron chi connectivity index (χ0n) is 25.6. The molecule has 0 bridgehead atoms. The molecule has 7 heteroatoms. The highest BCUT2D eigenvalue weighted by Crippen LogP contribution is 2.41. The molecule has 0 unspecified atom stereocenters. The minimum atomic E-state index is -0.915. The summed E-state index contributed by atoms with van der Waals surface area (Å²) in [5.41, 5.74) is 6.30. The second-order valence-electron chi connectivity index (χ2n) is 11.6. The van der Waals surface area contributed by atoms with Crippen LogP contribution in [0.25, 0.3) is 32.8 Å². The number of rotatable bonds is 8. The van der Waals surface area contributed by atoms with Gasteiger partial charge in [0.1, 0.15) is 17.3 Å². The van der Waals surface area contributed by atoms with Crippen molar-refractivity contribution in [3.8, 4) is 16.9 Å². The highest BCUT2D eigenvalue weighted by molar-refractivity contribution is 6.05. The van der Waals surface area contributed by atoms with Gasteiger partial charge in [0, 0.05) is 48.6 Å². The molecule has 0 spiro atoms. The molecule has 0 aliphatic carbocycles. The monoisotopic (exact) mass is 596 g/mol. The second kappa shape index (κ2) is 12.0. The van der Waals surface area contributed by atoms with Gasteiger partial charge in [0.15, 0.2) is 0 Å². The van der Waals surface area contributed by atoms with Crippen LogP contribution in [0.2, 0.25) is 0 Å². The van der Waals surface area contributed by atoms with Crippen molar-refractivity contribution in [1.82, 2.24) is 14.3 Å². The second-order valence-corrected chi connectivity index (χ2v) is 11.6. The molecule has 7 rings (SSSR count). The predicted octanol–water partition coefficient (Wildman–Crippen LogP) is 7.79. The summed E-state index contributed by atoms with van der Waals surface area (Å²) in [6, 6.07) is 30.9. The number of benzene rings is 4. The van der Waals surface area contributed by atoms with Gasteiger partial charge >= 0.3 is 5.97 Å². The Morgan fingerprint density at radius 3 is 2.47 bits per heavy atom. The molecule has 1 N–H and O–H groups in total. The number of allylic oxidation sites excluding steroid dienone is 1. The lowest BCUT2D eigenvalue weighted by atomic mass is 9.99. The minimum absolute atomic E-state index is 0.345. The van der Waals surface area contributed by atoms with Crippen LogP contribution in [0.5, 0.6) is 5.75 Å². The van der Waals surface area contributed by atoms with Gasteiger partial charge < -0.3 is 19.3 Å². The number of aryl methyl sites for hydroxylation is 3. The van der Waals surface area contributed by atoms with E-state index in [0.29, 0.717) is 38.2 Å². The average Bonchev–Trinajstić information content (AvgIpc) is 3.53. The van der Waals surface area contributed by atoms with Crippen LogP contribution in [0.4, 0.5) is 5.82 Å². The van der Waals surface area contributed by atoms with Crippen LogP contribution in [-0.4, -0.2) is 38.6 Å². The fourth-order valence-electron chi connectivity index (χ4n) is 6.85. The number of aromatic nitrogens is 3. The number of carbonyl (C=O) groups is 1. The molecule has 7 nitrogen and oxygen atoms in total. The van der Waals surface area contributed by atoms with Crippen LogP contribution in [-0.2, 0) is 26.6 Å². The van der Waals surface area contributed by atoms with Crippen molar-refractivity contribution in [2.24, 2.45) is 7.05 Å². The van der Waals surface area contributed by atoms with Gasteiger partial charge in [-0.25, -0.2) is 4.79 Å². The first-order valence-electron chi connectivity index (χ1n) is 15.5. The van der Waals surface area contributed by atoms with Crippen LogP contribution < -0.4 is 9.64 Å². The number of fused-ring (bicyclic) bond motifs is 3. The summed E-state index contributed by atoms with van der Waals surface area (Å²) < 4.78 is 10.2. The maximum absolute atomic E-state index is 12.9. The van der Waals surface area contributed by atoms with Crippen LogP contribution >= 0.6 is 0 Å². The summed E-state index contributed by atoms with van der Waals surface area (Å²) in [6.45, 7) is 4.40. The third-order valence-electron chi connectivity index (χ3n) is 8.73. The van der Waals surface area contributed by atoms with E-state index in [1.165, 1.54) is 5.56 Å². The fraction of sp³-hybridized carbons (Fsp3) is 0.211. The van der Waals surface area contributed by atoms with Crippen molar-refractivity contribution in [1.29, 1.82) is 0 Å². The molecule has 1 aliphatic rings. The maximum Gasteiger partial charge on any atom is 0.352 e. The smallest absolute Gasteiger partial charge is 0.352 e. The summed E-state index contributed by atoms with van der Waals surface area (Å²) >= 11 is 0. The van der Waals surface area contributed by atoms with Crippen LogP contribution in [0.1, 0.15) is 33.7 Å². The lowest BCUT2D eigenvalue weighted by molar-refractivity contribution is 0.0685. The molecule has 45 heavy (non-hydrogen) atoms. The Morgan fingerprint density at radius 1 is 0.889 bits per heavy atom. The fourth-order valence-corrected chi connectivity index (χ4v) is 6.85. The predicted molar refractivity (Wildman–Crippen MR) is 180 cm³/mol. The Balaban J connectivity index is 1.29. The zero-order chi connectivity index (χ0) is 30.9. The van der Waals surface area contributed by atoms with E-state index in [2.05, 4.69) is 71.6 Å². The summed E-state index contributed by atoms with van der Waals surface area (Å²) in [6.07, 6.45) is 5.49. The molecule has 226 valence electrons. The third-order valence-corrected chi connectivity index (χ3v) is 8.73. The number of ether oxygens (including phenoxy) is 1. The Morgan fingerprint density at radius 2 is 1.62 bits per heavy atom. The molecule has 0 atom stereocenters. The average molecular weight is 597 g/mol. The standard InChI is InChI=1S/C38H36N4O3/c1-26-34-32-19-11-18-30-31(20-12-24-45-33-21-10-16-28-15-6-7-17-29(28)33)36(38(43)44)42(35(30)32)23-9-8-22-41(37(34)40(2)39-26)25-27-13-4-3-5-14-27/h3-11,13-19,21H,12,20,22-25H2,1-2H3,(H,43,44)/b9-8+. The van der Waals surface area contributed by atoms with Gasteiger partial charge in [-0.15, -0.1) is 0 Å². The van der Waals surface area contributed by atoms with Gasteiger partial charge in [0.05, 0.1) is 17.8 Å². The van der Waals surface area contributed by atoms with Gasteiger partial charge in [-0.2, -0.15) is 5.10 Å². The van der Waals surface area contributed by atoms with E-state index in [9.17, 15) is 9.90 Å². The van der Waals surface area contributed by atoms with E-state index in [-0.39, 0.29) is 0 Å². The van der Waals surface area contributed by atoms with Gasteiger partial charge in [0.25, 0.3) is 0 Å². The maximum atomic E-state index is 12.9. The highest BCUT2D eigenvalue weighted by atomic mass is 16.5. The molecule has 0 saturated heterocycles. The Kier molecular flexibility index (Phi) is 7.59. The highest BCUT2D eigenvalue weighted by Gasteiger charge is 2.28. The number of anilines is 1. The first-order chi connectivity index (χ1) is 22.0. The molecule has 1 aliphatic heterocycles. The van der Waals surface area contributed by atoms with E-state index in [4.69, 9.17) is 9.84 Å². The molecular formula is C38H36N4O3. The van der Waals surface area contributed by atoms with Crippen molar-refractivity contribution in [2.75, 3.05) is 18.1 Å². The number of nitrogens with zero attached hydrogens (tertiary/aromatic N) is 4. The number of hydrogen-bond acceptors (Lipinski definition) is 4. The van der Waals surface area contributed by atoms with Gasteiger partial charge in [-0.05, 0) is 42.3 Å². The van der Waals surface area contributed by atoms with Crippen molar-refractivity contribution in [3.63, 3.8) is 0 Å². The zero-order valence-corrected chi connectivity index (χ0v) is 25.6. The van der Waals surface area contributed by atoms with Crippen molar-refractivity contribution in [2.45, 2.75) is 32.9 Å². The summed E-state index contributed by atoms with van der Waals surface area (Å²) in [4.78, 5) is 15.3. The number of carboxylic acids is 1. The molecule has 2 aromatic heterocycles. The van der Waals surface area contributed by atoms with Crippen LogP contribution in [0.15, 0.2) is 103 Å². The molecule has 3 heterocycles. The molecule has 6 aromatic rings. The number of para-hydroxylation sites is 1. The number of hydrogen-bond donors (Lipinski definition) is 1. The molecule has 0 amide bonds. The summed E-state index contributed by atoms with van der Waals surface area (Å²) in [5.74, 6) is 0.950. The molecule has 4 aromatic carbocycles. The molecular weight excluding hydrogens is 560 g/mol. The summed E-state index contributed by atoms with van der Waals surface area (Å²) in [5, 5.41) is 18.6. The number of carboxylic acid groups (broad SMARTS) is 1. The van der Waals surface area contributed by atoms with Gasteiger partial charge in [-0.3, -0.25) is 4.68 Å². The molecule has 0 fully saturated rings. The van der Waals surface area contributed by atoms with Crippen LogP contribution in [0, 0.1) is 6.92 Å². The van der Waals surface area contributed by atoms with E-state index in [1.807, 2.05) is 59.6 Å². The number of aromatic carboxylic acids is 1. The Labute approximate surface area is 262 Å². The first-order valence-corrected chi connectivity index (χ1v) is 15.5. The summed E-state index contributed by atoms with van der Waals surface area (Å²) in [7, 11) is 1.99.